The number of nitrogens with one attached hydrogen (secondary N) is 1. The van der Waals surface area contributed by atoms with Gasteiger partial charge in [0, 0.05) is 18.7 Å². The number of amides is 1. The minimum Gasteiger partial charge on any atom is -0.495 e. The average molecular weight is 634 g/mol. The van der Waals surface area contributed by atoms with Crippen molar-refractivity contribution in [1.82, 2.24) is 4.90 Å². The second-order valence-electron chi connectivity index (χ2n) is 11.4. The number of halogens is 3. The molecule has 1 N–H and O–H groups in total. The maximum Gasteiger partial charge on any atom is 0.340 e. The highest BCUT2D eigenvalue weighted by molar-refractivity contribution is 7.92. The van der Waals surface area contributed by atoms with Gasteiger partial charge in [-0.1, -0.05) is 55.6 Å². The van der Waals surface area contributed by atoms with Crippen LogP contribution in [0, 0.1) is 10.8 Å². The monoisotopic (exact) mass is 632 g/mol. The molecule has 13 heteroatoms. The smallest absolute Gasteiger partial charge is 0.340 e. The van der Waals surface area contributed by atoms with Gasteiger partial charge in [0.2, 0.25) is 0 Å². The number of nitrogens with zero attached hydrogens (tertiary/aromatic N) is 1. The maximum absolute atomic E-state index is 13.3. The van der Waals surface area contributed by atoms with E-state index in [1.807, 2.05) is 0 Å². The van der Waals surface area contributed by atoms with Gasteiger partial charge in [-0.05, 0) is 48.3 Å². The lowest BCUT2D eigenvalue weighted by Gasteiger charge is -2.39. The van der Waals surface area contributed by atoms with Crippen molar-refractivity contribution in [2.24, 2.45) is 10.8 Å². The third-order valence-corrected chi connectivity index (χ3v) is 9.75. The van der Waals surface area contributed by atoms with Gasteiger partial charge in [-0.2, -0.15) is 0 Å². The number of benzene rings is 2. The van der Waals surface area contributed by atoms with E-state index in [0.29, 0.717) is 6.54 Å². The minimum atomic E-state index is -4.36. The lowest BCUT2D eigenvalue weighted by atomic mass is 9.65. The van der Waals surface area contributed by atoms with E-state index in [9.17, 15) is 18.0 Å². The maximum atomic E-state index is 13.3. The molecule has 0 aromatic heterocycles. The van der Waals surface area contributed by atoms with Crippen LogP contribution in [0.15, 0.2) is 29.2 Å². The van der Waals surface area contributed by atoms with Crippen molar-refractivity contribution < 1.29 is 32.2 Å². The molecule has 1 aliphatic carbocycles. The molecule has 0 spiro atoms. The number of methoxy groups -OCH3 is 2. The Bertz CT molecular complexity index is 1460. The number of carbonyl (C=O) groups excluding carboxylic acids is 2. The number of carbonyl (C=O) groups is 2. The largest absolute Gasteiger partial charge is 0.495 e. The molecule has 40 heavy (non-hydrogen) atoms. The summed E-state index contributed by atoms with van der Waals surface area (Å²) in [6.07, 6.45) is 2.81. The van der Waals surface area contributed by atoms with Gasteiger partial charge in [0.1, 0.15) is 16.4 Å². The Morgan fingerprint density at radius 1 is 0.975 bits per heavy atom. The number of sulfonamides is 1. The van der Waals surface area contributed by atoms with E-state index >= 15 is 0 Å². The lowest BCUT2D eigenvalue weighted by Crippen LogP contribution is -2.39. The van der Waals surface area contributed by atoms with Crippen LogP contribution in [0.1, 0.15) is 50.4 Å². The molecule has 2 aromatic rings. The summed E-state index contributed by atoms with van der Waals surface area (Å²) in [5.41, 5.74) is -0.0930. The fourth-order valence-electron chi connectivity index (χ4n) is 6.07. The van der Waals surface area contributed by atoms with E-state index in [0.717, 1.165) is 31.4 Å². The van der Waals surface area contributed by atoms with Crippen LogP contribution in [0.5, 0.6) is 11.5 Å². The third kappa shape index (κ3) is 6.25. The van der Waals surface area contributed by atoms with Crippen LogP contribution in [0.25, 0.3) is 0 Å². The van der Waals surface area contributed by atoms with Crippen LogP contribution < -0.4 is 14.2 Å². The van der Waals surface area contributed by atoms with Crippen molar-refractivity contribution in [2.45, 2.75) is 51.0 Å². The summed E-state index contributed by atoms with van der Waals surface area (Å²) in [7, 11) is -1.61. The SMILES string of the molecule is COc1cc(OC)c(NS(=O)(=O)c2cc(C(=O)OCC(=O)N3CC4(C)CC3CC(C)(C)C4)c(Cl)cc2Cl)cc1Cl. The molecule has 1 aliphatic heterocycles. The molecule has 2 unspecified atom stereocenters. The summed E-state index contributed by atoms with van der Waals surface area (Å²) in [5, 5.41) is -0.224. The molecule has 2 atom stereocenters. The van der Waals surface area contributed by atoms with Crippen LogP contribution in [-0.4, -0.2) is 58.6 Å². The van der Waals surface area contributed by atoms with Crippen LogP contribution in [0.2, 0.25) is 15.1 Å². The van der Waals surface area contributed by atoms with Gasteiger partial charge in [0.25, 0.3) is 15.9 Å². The Morgan fingerprint density at radius 2 is 1.65 bits per heavy atom. The first-order chi connectivity index (χ1) is 18.6. The number of hydrogen-bond acceptors (Lipinski definition) is 7. The van der Waals surface area contributed by atoms with Crippen LogP contribution in [-0.2, 0) is 19.6 Å². The van der Waals surface area contributed by atoms with E-state index < -0.39 is 27.5 Å². The van der Waals surface area contributed by atoms with Gasteiger partial charge in [-0.25, -0.2) is 13.2 Å². The average Bonchev–Trinajstić information content (AvgIpc) is 3.10. The number of ether oxygens (including phenoxy) is 3. The highest BCUT2D eigenvalue weighted by atomic mass is 35.5. The van der Waals surface area contributed by atoms with Gasteiger partial charge in [0.05, 0.1) is 40.5 Å². The van der Waals surface area contributed by atoms with E-state index in [2.05, 4.69) is 25.5 Å². The second kappa shape index (κ2) is 11.1. The summed E-state index contributed by atoms with van der Waals surface area (Å²) >= 11 is 18.6. The molecular weight excluding hydrogens is 603 g/mol. The fourth-order valence-corrected chi connectivity index (χ4v) is 8.22. The third-order valence-electron chi connectivity index (χ3n) is 7.31. The van der Waals surface area contributed by atoms with Gasteiger partial charge < -0.3 is 19.1 Å². The first kappa shape index (κ1) is 30.6. The summed E-state index contributed by atoms with van der Waals surface area (Å²) in [4.78, 5) is 27.3. The van der Waals surface area contributed by atoms with Gasteiger partial charge in [0.15, 0.2) is 6.61 Å². The molecule has 2 aliphatic rings. The number of rotatable bonds is 8. The fraction of sp³-hybridized carbons (Fsp3) is 0.481. The number of esters is 1. The van der Waals surface area contributed by atoms with Crippen molar-refractivity contribution in [3.63, 3.8) is 0 Å². The molecule has 2 aromatic carbocycles. The van der Waals surface area contributed by atoms with Crippen LogP contribution >= 0.6 is 34.8 Å². The van der Waals surface area contributed by atoms with E-state index in [-0.39, 0.29) is 60.6 Å². The zero-order valence-corrected chi connectivity index (χ0v) is 25.9. The first-order valence-electron chi connectivity index (χ1n) is 12.5. The molecule has 2 bridgehead atoms. The Hall–Kier alpha value is -2.40. The van der Waals surface area contributed by atoms with Crippen LogP contribution in [0.4, 0.5) is 5.69 Å². The number of fused-ring (bicyclic) bond motifs is 2. The number of hydrogen-bond donors (Lipinski definition) is 1. The molecule has 218 valence electrons. The zero-order valence-electron chi connectivity index (χ0n) is 22.8. The normalized spacial score (nSPS) is 21.6. The van der Waals surface area contributed by atoms with Crippen molar-refractivity contribution in [1.29, 1.82) is 0 Å². The predicted octanol–water partition coefficient (Wildman–Crippen LogP) is 6.05. The molecular formula is C27H31Cl3N2O7S. The summed E-state index contributed by atoms with van der Waals surface area (Å²) in [5.74, 6) is -0.842. The zero-order chi connectivity index (χ0) is 29.6. The van der Waals surface area contributed by atoms with Crippen molar-refractivity contribution >= 4 is 62.4 Å². The van der Waals surface area contributed by atoms with Crippen molar-refractivity contribution in [3.05, 3.63) is 44.9 Å². The van der Waals surface area contributed by atoms with Gasteiger partial charge in [-0.3, -0.25) is 9.52 Å². The van der Waals surface area contributed by atoms with Crippen molar-refractivity contribution in [2.75, 3.05) is 32.1 Å². The second-order valence-corrected chi connectivity index (χ2v) is 14.2. The Kier molecular flexibility index (Phi) is 8.49. The van der Waals surface area contributed by atoms with Gasteiger partial charge >= 0.3 is 5.97 Å². The first-order valence-corrected chi connectivity index (χ1v) is 15.1. The predicted molar refractivity (Wildman–Crippen MR) is 153 cm³/mol. The van der Waals surface area contributed by atoms with Gasteiger partial charge in [-0.15, -0.1) is 0 Å². The summed E-state index contributed by atoms with van der Waals surface area (Å²) in [6, 6.07) is 4.95. The molecule has 9 nitrogen and oxygen atoms in total. The molecule has 0 radical (unpaired) electrons. The number of anilines is 1. The highest BCUT2D eigenvalue weighted by Crippen LogP contribution is 2.52. The van der Waals surface area contributed by atoms with E-state index in [1.54, 1.807) is 4.90 Å². The van der Waals surface area contributed by atoms with Crippen LogP contribution in [0.3, 0.4) is 0 Å². The lowest BCUT2D eigenvalue weighted by molar-refractivity contribution is -0.135. The molecule has 4 rings (SSSR count). The quantitative estimate of drug-likeness (QED) is 0.353. The summed E-state index contributed by atoms with van der Waals surface area (Å²) < 4.78 is 44.6. The molecule has 1 saturated heterocycles. The van der Waals surface area contributed by atoms with Crippen molar-refractivity contribution in [3.8, 4) is 11.5 Å². The minimum absolute atomic E-state index is 0.0155. The Morgan fingerprint density at radius 3 is 2.30 bits per heavy atom. The highest BCUT2D eigenvalue weighted by Gasteiger charge is 2.51. The molecule has 2 fully saturated rings. The Balaban J connectivity index is 1.52. The molecule has 1 amide bonds. The summed E-state index contributed by atoms with van der Waals surface area (Å²) in [6.45, 7) is 6.69. The topological polar surface area (TPSA) is 111 Å². The molecule has 1 saturated carbocycles. The Labute approximate surface area is 249 Å². The number of likely N-dealkylation sites (tertiary alicyclic amines) is 1. The van der Waals surface area contributed by atoms with E-state index in [4.69, 9.17) is 49.0 Å². The standard InChI is InChI=1S/C27H31Cl3N2O7S/c1-26(2)10-15-11-27(3,13-26)14-32(15)24(33)12-39-25(34)16-6-23(19(30)7-17(16)28)40(35,36)31-20-8-18(29)21(37-4)9-22(20)38-5/h6-9,15,31H,10-14H2,1-5H3. The van der Waals surface area contributed by atoms with E-state index in [1.165, 1.54) is 26.4 Å². The molecule has 1 heterocycles.